The van der Waals surface area contributed by atoms with Crippen molar-refractivity contribution in [3.8, 4) is 0 Å². The molecule has 2 rings (SSSR count). The Kier molecular flexibility index (Phi) is 2.03. The van der Waals surface area contributed by atoms with Crippen molar-refractivity contribution in [2.24, 2.45) is 0 Å². The second-order valence-electron chi connectivity index (χ2n) is 4.60. The Morgan fingerprint density at radius 1 is 1.21 bits per heavy atom. The van der Waals surface area contributed by atoms with Crippen molar-refractivity contribution in [1.82, 2.24) is 4.98 Å². The van der Waals surface area contributed by atoms with Crippen molar-refractivity contribution >= 4 is 10.8 Å². The van der Waals surface area contributed by atoms with E-state index in [4.69, 9.17) is 0 Å². The summed E-state index contributed by atoms with van der Waals surface area (Å²) in [6, 6.07) is 9.62. The first kappa shape index (κ1) is 9.20. The molecular weight excluding hydrogens is 170 g/mol. The molecule has 0 amide bonds. The van der Waals surface area contributed by atoms with Gasteiger partial charge in [0.25, 0.3) is 0 Å². The monoisotopic (exact) mass is 184 g/mol. The van der Waals surface area contributed by atoms with E-state index in [9.17, 15) is 0 Å². The molecule has 1 nitrogen and oxygen atoms in total. The van der Waals surface area contributed by atoms with Gasteiger partial charge in [0.05, 0.1) is 0 Å². The molecule has 14 heavy (non-hydrogen) atoms. The van der Waals surface area contributed by atoms with Gasteiger partial charge in [0.1, 0.15) is 0 Å². The number of hydrogen-bond donors (Lipinski definition) is 0. The van der Waals surface area contributed by atoms with Crippen LogP contribution in [0.25, 0.3) is 10.8 Å². The molecule has 2 aromatic rings. The van der Waals surface area contributed by atoms with Crippen LogP contribution in [0.1, 0.15) is 26.3 Å². The average Bonchev–Trinajstić information content (AvgIpc) is 2.16. The summed E-state index contributed by atoms with van der Waals surface area (Å²) in [6.45, 7) is 6.65. The minimum Gasteiger partial charge on any atom is -0.263 e. The highest BCUT2D eigenvalue weighted by Gasteiger charge is 2.13. The van der Waals surface area contributed by atoms with Crippen LogP contribution in [0, 0.1) is 6.07 Å². The molecule has 0 unspecified atom stereocenters. The third-order valence-corrected chi connectivity index (χ3v) is 2.43. The van der Waals surface area contributed by atoms with Gasteiger partial charge in [-0.25, -0.2) is 0 Å². The number of aromatic nitrogens is 1. The summed E-state index contributed by atoms with van der Waals surface area (Å²) >= 11 is 0. The van der Waals surface area contributed by atoms with Gasteiger partial charge in [0.15, 0.2) is 0 Å². The van der Waals surface area contributed by atoms with E-state index in [0.717, 1.165) is 10.8 Å². The summed E-state index contributed by atoms with van der Waals surface area (Å²) in [5, 5.41) is 2.30. The Morgan fingerprint density at radius 2 is 2.00 bits per heavy atom. The van der Waals surface area contributed by atoms with Gasteiger partial charge < -0.3 is 0 Å². The van der Waals surface area contributed by atoms with E-state index in [2.05, 4.69) is 50.0 Å². The molecule has 0 spiro atoms. The zero-order chi connectivity index (χ0) is 10.2. The molecule has 0 fully saturated rings. The maximum Gasteiger partial charge on any atom is 0.0353 e. The topological polar surface area (TPSA) is 12.9 Å². The lowest BCUT2D eigenvalue weighted by molar-refractivity contribution is 0.591. The zero-order valence-corrected chi connectivity index (χ0v) is 8.83. The van der Waals surface area contributed by atoms with Crippen LogP contribution in [-0.4, -0.2) is 4.98 Å². The van der Waals surface area contributed by atoms with E-state index in [1.807, 2.05) is 6.20 Å². The van der Waals surface area contributed by atoms with Gasteiger partial charge in [-0.05, 0) is 22.4 Å². The Labute approximate surface area is 84.8 Å². The molecule has 71 valence electrons. The highest BCUT2D eigenvalue weighted by Crippen LogP contribution is 2.25. The zero-order valence-electron chi connectivity index (χ0n) is 8.83. The second-order valence-corrected chi connectivity index (χ2v) is 4.60. The lowest BCUT2D eigenvalue weighted by Gasteiger charge is -2.19. The molecule has 0 atom stereocenters. The molecular formula is C13H14N. The predicted octanol–water partition coefficient (Wildman–Crippen LogP) is 3.33. The standard InChI is InChI=1S/C13H14N/c1-13(2,3)12-5-4-11-9-14-7-6-10(11)8-12/h4-5,7-9H,1-3H3. The molecule has 0 saturated heterocycles. The number of hydrogen-bond acceptors (Lipinski definition) is 1. The van der Waals surface area contributed by atoms with E-state index in [1.165, 1.54) is 5.56 Å². The molecule has 1 radical (unpaired) electrons. The highest BCUT2D eigenvalue weighted by molar-refractivity contribution is 5.81. The van der Waals surface area contributed by atoms with E-state index in [1.54, 1.807) is 6.20 Å². The van der Waals surface area contributed by atoms with Crippen LogP contribution in [0.5, 0.6) is 0 Å². The Bertz CT molecular complexity index is 452. The molecule has 1 heteroatoms. The number of rotatable bonds is 0. The molecule has 0 bridgehead atoms. The Morgan fingerprint density at radius 3 is 2.71 bits per heavy atom. The quantitative estimate of drug-likeness (QED) is 0.612. The average molecular weight is 184 g/mol. The van der Waals surface area contributed by atoms with Crippen molar-refractivity contribution in [3.05, 3.63) is 42.2 Å². The first-order valence-corrected chi connectivity index (χ1v) is 4.83. The van der Waals surface area contributed by atoms with Crippen molar-refractivity contribution in [1.29, 1.82) is 0 Å². The molecule has 1 aromatic heterocycles. The third-order valence-electron chi connectivity index (χ3n) is 2.43. The van der Waals surface area contributed by atoms with Crippen LogP contribution in [0.3, 0.4) is 0 Å². The van der Waals surface area contributed by atoms with E-state index < -0.39 is 0 Å². The fourth-order valence-corrected chi connectivity index (χ4v) is 1.48. The summed E-state index contributed by atoms with van der Waals surface area (Å²) in [4.78, 5) is 4.05. The van der Waals surface area contributed by atoms with Gasteiger partial charge in [-0.1, -0.05) is 32.9 Å². The molecule has 0 aliphatic rings. The lowest BCUT2D eigenvalue weighted by Crippen LogP contribution is -2.10. The van der Waals surface area contributed by atoms with Crippen LogP contribution < -0.4 is 0 Å². The largest absolute Gasteiger partial charge is 0.263 e. The fraction of sp³-hybridized carbons (Fsp3) is 0.308. The molecule has 0 saturated carbocycles. The highest BCUT2D eigenvalue weighted by atomic mass is 14.6. The molecule has 0 aliphatic heterocycles. The number of fused-ring (bicyclic) bond motifs is 1. The SMILES string of the molecule is CC(C)(C)c1ccc2cnc[c]c2c1. The molecule has 1 aromatic carbocycles. The maximum absolute atomic E-state index is 4.05. The first-order valence-electron chi connectivity index (χ1n) is 4.83. The van der Waals surface area contributed by atoms with Gasteiger partial charge >= 0.3 is 0 Å². The normalized spacial score (nSPS) is 11.9. The smallest absolute Gasteiger partial charge is 0.0353 e. The predicted molar refractivity (Wildman–Crippen MR) is 59.3 cm³/mol. The number of pyridine rings is 1. The second kappa shape index (κ2) is 3.09. The van der Waals surface area contributed by atoms with Gasteiger partial charge in [0, 0.05) is 23.8 Å². The van der Waals surface area contributed by atoms with Gasteiger partial charge in [0.2, 0.25) is 0 Å². The summed E-state index contributed by atoms with van der Waals surface area (Å²) in [5.41, 5.74) is 1.54. The van der Waals surface area contributed by atoms with Crippen molar-refractivity contribution < 1.29 is 0 Å². The first-order chi connectivity index (χ1) is 6.57. The van der Waals surface area contributed by atoms with Crippen LogP contribution >= 0.6 is 0 Å². The molecule has 1 heterocycles. The Balaban J connectivity index is 2.63. The van der Waals surface area contributed by atoms with Gasteiger partial charge in [-0.3, -0.25) is 4.98 Å². The van der Waals surface area contributed by atoms with E-state index >= 15 is 0 Å². The Hall–Kier alpha value is -1.37. The van der Waals surface area contributed by atoms with E-state index in [-0.39, 0.29) is 5.41 Å². The van der Waals surface area contributed by atoms with Crippen LogP contribution in [-0.2, 0) is 5.41 Å². The van der Waals surface area contributed by atoms with Crippen molar-refractivity contribution in [3.63, 3.8) is 0 Å². The molecule has 0 N–H and O–H groups in total. The number of nitrogens with zero attached hydrogens (tertiary/aromatic N) is 1. The van der Waals surface area contributed by atoms with Gasteiger partial charge in [-0.15, -0.1) is 0 Å². The van der Waals surface area contributed by atoms with Crippen LogP contribution in [0.2, 0.25) is 0 Å². The minimum atomic E-state index is 0.200. The van der Waals surface area contributed by atoms with Crippen molar-refractivity contribution in [2.75, 3.05) is 0 Å². The van der Waals surface area contributed by atoms with Crippen LogP contribution in [0.15, 0.2) is 30.6 Å². The summed E-state index contributed by atoms with van der Waals surface area (Å²) in [6.07, 6.45) is 3.59. The minimum absolute atomic E-state index is 0.200. The summed E-state index contributed by atoms with van der Waals surface area (Å²) in [7, 11) is 0. The van der Waals surface area contributed by atoms with Crippen LogP contribution in [0.4, 0.5) is 0 Å². The van der Waals surface area contributed by atoms with Crippen molar-refractivity contribution in [2.45, 2.75) is 26.2 Å². The summed E-state index contributed by atoms with van der Waals surface area (Å²) in [5.74, 6) is 0. The molecule has 0 aliphatic carbocycles. The fourth-order valence-electron chi connectivity index (χ4n) is 1.48. The summed E-state index contributed by atoms with van der Waals surface area (Å²) < 4.78 is 0. The van der Waals surface area contributed by atoms with Gasteiger partial charge in [-0.2, -0.15) is 0 Å². The lowest BCUT2D eigenvalue weighted by atomic mass is 9.86. The number of benzene rings is 1. The van der Waals surface area contributed by atoms with E-state index in [0.29, 0.717) is 0 Å². The third kappa shape index (κ3) is 1.63. The maximum atomic E-state index is 4.05.